The summed E-state index contributed by atoms with van der Waals surface area (Å²) < 4.78 is 41.5. The molecule has 0 spiro atoms. The summed E-state index contributed by atoms with van der Waals surface area (Å²) in [4.78, 5) is 16.2. The van der Waals surface area contributed by atoms with Crippen molar-refractivity contribution in [2.24, 2.45) is 5.16 Å². The number of halogens is 3. The van der Waals surface area contributed by atoms with Crippen molar-refractivity contribution in [1.29, 1.82) is 0 Å². The Kier molecular flexibility index (Phi) is 8.67. The summed E-state index contributed by atoms with van der Waals surface area (Å²) in [6.45, 7) is 0.977. The highest BCUT2D eigenvalue weighted by Gasteiger charge is 2.35. The van der Waals surface area contributed by atoms with Gasteiger partial charge >= 0.3 is 12.1 Å². The Morgan fingerprint density at radius 1 is 1.03 bits per heavy atom. The molecule has 0 amide bonds. The number of rotatable bonds is 9. The summed E-state index contributed by atoms with van der Waals surface area (Å²) >= 11 is 0. The minimum absolute atomic E-state index is 0.0154. The molecule has 0 aliphatic heterocycles. The molecule has 2 aliphatic carbocycles. The van der Waals surface area contributed by atoms with Gasteiger partial charge in [-0.1, -0.05) is 54.8 Å². The van der Waals surface area contributed by atoms with Crippen molar-refractivity contribution in [3.05, 3.63) is 69.8 Å². The van der Waals surface area contributed by atoms with Gasteiger partial charge in [0, 0.05) is 18.7 Å². The molecule has 8 heteroatoms. The monoisotopic (exact) mass is 502 g/mol. The number of benzene rings is 2. The highest BCUT2D eigenvalue weighted by molar-refractivity contribution is 6.02. The lowest BCUT2D eigenvalue weighted by molar-refractivity contribution is -0.139. The Morgan fingerprint density at radius 3 is 2.56 bits per heavy atom. The molecule has 0 aromatic heterocycles. The van der Waals surface area contributed by atoms with Gasteiger partial charge in [0.1, 0.15) is 6.61 Å². The van der Waals surface area contributed by atoms with Crippen LogP contribution in [0.1, 0.15) is 90.7 Å². The third-order valence-electron chi connectivity index (χ3n) is 7.06. The molecule has 2 N–H and O–H groups in total. The van der Waals surface area contributed by atoms with Gasteiger partial charge in [0.2, 0.25) is 0 Å². The number of hydrogen-bond acceptors (Lipinski definition) is 4. The van der Waals surface area contributed by atoms with Crippen LogP contribution in [-0.2, 0) is 35.4 Å². The van der Waals surface area contributed by atoms with E-state index in [1.807, 2.05) is 12.1 Å². The lowest BCUT2D eigenvalue weighted by atomic mass is 9.81. The molecule has 0 atom stereocenters. The zero-order chi connectivity index (χ0) is 25.5. The highest BCUT2D eigenvalue weighted by atomic mass is 19.4. The molecular weight excluding hydrogens is 469 g/mol. The number of carboxylic acid groups (broad SMARTS) is 1. The van der Waals surface area contributed by atoms with Gasteiger partial charge in [-0.25, -0.2) is 0 Å². The molecular formula is C28H33F3N2O3. The smallest absolute Gasteiger partial charge is 0.416 e. The van der Waals surface area contributed by atoms with E-state index in [1.165, 1.54) is 6.07 Å². The zero-order valence-electron chi connectivity index (χ0n) is 20.4. The number of alkyl halides is 3. The molecule has 4 rings (SSSR count). The van der Waals surface area contributed by atoms with Crippen molar-refractivity contribution >= 4 is 11.7 Å². The fraction of sp³-hybridized carbons (Fsp3) is 0.500. The fourth-order valence-electron chi connectivity index (χ4n) is 5.24. The van der Waals surface area contributed by atoms with Gasteiger partial charge in [-0.3, -0.25) is 4.79 Å². The maximum absolute atomic E-state index is 13.8. The molecule has 0 saturated heterocycles. The van der Waals surface area contributed by atoms with Gasteiger partial charge in [0.05, 0.1) is 17.7 Å². The number of fused-ring (bicyclic) bond motifs is 1. The summed E-state index contributed by atoms with van der Waals surface area (Å²) in [6, 6.07) is 10.7. The fourth-order valence-corrected chi connectivity index (χ4v) is 5.24. The summed E-state index contributed by atoms with van der Waals surface area (Å²) in [7, 11) is 0. The number of carboxylic acids is 1. The summed E-state index contributed by atoms with van der Waals surface area (Å²) in [6.07, 6.45) is 2.94. The molecule has 2 aliphatic rings. The van der Waals surface area contributed by atoms with Gasteiger partial charge < -0.3 is 15.3 Å². The summed E-state index contributed by atoms with van der Waals surface area (Å²) in [5.74, 6) is -0.856. The first kappa shape index (κ1) is 26.2. The van der Waals surface area contributed by atoms with Crippen molar-refractivity contribution in [1.82, 2.24) is 5.32 Å². The maximum atomic E-state index is 13.8. The van der Waals surface area contributed by atoms with E-state index in [-0.39, 0.29) is 18.9 Å². The zero-order valence-corrected chi connectivity index (χ0v) is 20.4. The van der Waals surface area contributed by atoms with E-state index < -0.39 is 17.7 Å². The van der Waals surface area contributed by atoms with Crippen LogP contribution < -0.4 is 5.32 Å². The van der Waals surface area contributed by atoms with Crippen LogP contribution in [0.3, 0.4) is 0 Å². The summed E-state index contributed by atoms with van der Waals surface area (Å²) in [5.41, 5.74) is 4.35. The minimum Gasteiger partial charge on any atom is -0.481 e. The van der Waals surface area contributed by atoms with E-state index in [1.54, 1.807) is 12.1 Å². The number of carbonyl (C=O) groups is 1. The predicted molar refractivity (Wildman–Crippen MR) is 132 cm³/mol. The van der Waals surface area contributed by atoms with Crippen LogP contribution in [0.25, 0.3) is 0 Å². The summed E-state index contributed by atoms with van der Waals surface area (Å²) in [5, 5.41) is 16.2. The van der Waals surface area contributed by atoms with Crippen molar-refractivity contribution in [2.75, 3.05) is 6.54 Å². The van der Waals surface area contributed by atoms with Gasteiger partial charge in [-0.2, -0.15) is 13.2 Å². The highest BCUT2D eigenvalue weighted by Crippen LogP contribution is 2.41. The average Bonchev–Trinajstić information content (AvgIpc) is 2.86. The first-order chi connectivity index (χ1) is 17.3. The van der Waals surface area contributed by atoms with Crippen molar-refractivity contribution in [3.8, 4) is 0 Å². The van der Waals surface area contributed by atoms with Gasteiger partial charge in [0.15, 0.2) is 0 Å². The third-order valence-corrected chi connectivity index (χ3v) is 7.06. The van der Waals surface area contributed by atoms with E-state index in [4.69, 9.17) is 9.94 Å². The lowest BCUT2D eigenvalue weighted by Crippen LogP contribution is -2.18. The lowest BCUT2D eigenvalue weighted by Gasteiger charge is -2.25. The quantitative estimate of drug-likeness (QED) is 0.300. The van der Waals surface area contributed by atoms with Crippen molar-refractivity contribution < 1.29 is 27.9 Å². The number of aliphatic carboxylic acids is 1. The van der Waals surface area contributed by atoms with E-state index in [0.717, 1.165) is 73.8 Å². The predicted octanol–water partition coefficient (Wildman–Crippen LogP) is 6.57. The van der Waals surface area contributed by atoms with Gasteiger partial charge in [-0.05, 0) is 66.3 Å². The topological polar surface area (TPSA) is 70.9 Å². The molecule has 1 saturated carbocycles. The molecule has 2 aromatic carbocycles. The van der Waals surface area contributed by atoms with Crippen LogP contribution in [0.2, 0.25) is 0 Å². The normalized spacial score (nSPS) is 17.7. The average molecular weight is 503 g/mol. The molecule has 0 unspecified atom stereocenters. The number of aryl methyl sites for hydroxylation is 1. The third kappa shape index (κ3) is 6.87. The van der Waals surface area contributed by atoms with Crippen LogP contribution in [0.5, 0.6) is 0 Å². The van der Waals surface area contributed by atoms with Crippen LogP contribution in [0, 0.1) is 0 Å². The second kappa shape index (κ2) is 11.9. The molecule has 1 fully saturated rings. The molecule has 0 heterocycles. The Balaban J connectivity index is 1.41. The number of hydrogen-bond donors (Lipinski definition) is 2. The molecule has 0 bridgehead atoms. The molecule has 194 valence electrons. The molecule has 2 aromatic rings. The molecule has 5 nitrogen and oxygen atoms in total. The van der Waals surface area contributed by atoms with E-state index in [9.17, 15) is 18.0 Å². The Bertz CT molecular complexity index is 1090. The molecule has 0 radical (unpaired) electrons. The maximum Gasteiger partial charge on any atom is 0.416 e. The second-order valence-corrected chi connectivity index (χ2v) is 9.73. The van der Waals surface area contributed by atoms with Crippen molar-refractivity contribution in [2.45, 2.75) is 83.0 Å². The Labute approximate surface area is 209 Å². The van der Waals surface area contributed by atoms with Crippen LogP contribution in [0.4, 0.5) is 13.2 Å². The number of nitrogens with one attached hydrogen (secondary N) is 1. The SMILES string of the molecule is O=C(O)CCNCc1ccc2c(c1)CCC/C2=N\OCc1ccc(C2CCCCC2)c(C(F)(F)F)c1. The second-order valence-electron chi connectivity index (χ2n) is 9.73. The van der Waals surface area contributed by atoms with Crippen LogP contribution >= 0.6 is 0 Å². The van der Waals surface area contributed by atoms with Crippen molar-refractivity contribution in [3.63, 3.8) is 0 Å². The first-order valence-electron chi connectivity index (χ1n) is 12.7. The number of oxime groups is 1. The largest absolute Gasteiger partial charge is 0.481 e. The minimum atomic E-state index is -4.39. The van der Waals surface area contributed by atoms with E-state index >= 15 is 0 Å². The Hall–Kier alpha value is -2.87. The molecule has 36 heavy (non-hydrogen) atoms. The standard InChI is InChI=1S/C28H33F3N2O3/c29-28(30,31)25-16-20(10-11-23(25)21-5-2-1-3-6-21)18-36-33-26-8-4-7-22-15-19(9-12-24(22)26)17-32-14-13-27(34)35/h9-12,15-16,21,32H,1-8,13-14,17-18H2,(H,34,35)/b33-26+. The van der Waals surface area contributed by atoms with Crippen LogP contribution in [0.15, 0.2) is 41.6 Å². The van der Waals surface area contributed by atoms with Gasteiger partial charge in [-0.15, -0.1) is 0 Å². The Morgan fingerprint density at radius 2 is 1.81 bits per heavy atom. The van der Waals surface area contributed by atoms with Crippen LogP contribution in [-0.4, -0.2) is 23.3 Å². The van der Waals surface area contributed by atoms with E-state index in [0.29, 0.717) is 24.2 Å². The first-order valence-corrected chi connectivity index (χ1v) is 12.7. The number of nitrogens with zero attached hydrogens (tertiary/aromatic N) is 1. The van der Waals surface area contributed by atoms with E-state index in [2.05, 4.69) is 16.5 Å². The van der Waals surface area contributed by atoms with Gasteiger partial charge in [0.25, 0.3) is 0 Å².